The van der Waals surface area contributed by atoms with Crippen LogP contribution in [0.15, 0.2) is 12.7 Å². The quantitative estimate of drug-likeness (QED) is 0.483. The van der Waals surface area contributed by atoms with Crippen LogP contribution in [0.25, 0.3) is 0 Å². The van der Waals surface area contributed by atoms with Crippen LogP contribution < -0.4 is 11.5 Å². The highest BCUT2D eigenvalue weighted by Crippen LogP contribution is 1.95. The van der Waals surface area contributed by atoms with Gasteiger partial charge < -0.3 is 11.5 Å². The minimum absolute atomic E-state index is 0.481. The van der Waals surface area contributed by atoms with Gasteiger partial charge in [0.25, 0.3) is 0 Å². The second-order valence-corrected chi connectivity index (χ2v) is 2.46. The van der Waals surface area contributed by atoms with Gasteiger partial charge in [0.1, 0.15) is 0 Å². The number of carbonyl (C=O) groups is 1. The normalized spacial score (nSPS) is 8.17. The Morgan fingerprint density at radius 3 is 2.17 bits per heavy atom. The number of rotatable bonds is 5. The van der Waals surface area contributed by atoms with Crippen molar-refractivity contribution in [1.82, 2.24) is 0 Å². The molecule has 0 aliphatic rings. The van der Waals surface area contributed by atoms with Gasteiger partial charge in [0.2, 0.25) is 5.91 Å². The highest BCUT2D eigenvalue weighted by Gasteiger charge is 1.80. The Bertz CT molecular complexity index is 109. The lowest BCUT2D eigenvalue weighted by atomic mass is 10.2. The van der Waals surface area contributed by atoms with Crippen molar-refractivity contribution >= 4 is 5.91 Å². The highest BCUT2D eigenvalue weighted by molar-refractivity contribution is 5.84. The van der Waals surface area contributed by atoms with E-state index in [1.807, 2.05) is 0 Å². The van der Waals surface area contributed by atoms with E-state index in [9.17, 15) is 4.79 Å². The number of primary amides is 1. The van der Waals surface area contributed by atoms with Gasteiger partial charge in [0.05, 0.1) is 0 Å². The van der Waals surface area contributed by atoms with Crippen LogP contribution in [0.2, 0.25) is 0 Å². The van der Waals surface area contributed by atoms with Crippen molar-refractivity contribution in [2.45, 2.75) is 32.6 Å². The molecule has 4 N–H and O–H groups in total. The third kappa shape index (κ3) is 22.9. The molecule has 3 nitrogen and oxygen atoms in total. The van der Waals surface area contributed by atoms with Crippen molar-refractivity contribution in [3.8, 4) is 0 Å². The first-order chi connectivity index (χ1) is 5.68. The lowest BCUT2D eigenvalue weighted by Crippen LogP contribution is -2.04. The fourth-order valence-corrected chi connectivity index (χ4v) is 0.571. The molecule has 0 aromatic carbocycles. The molecule has 0 spiro atoms. The van der Waals surface area contributed by atoms with Crippen molar-refractivity contribution < 1.29 is 4.79 Å². The lowest BCUT2D eigenvalue weighted by molar-refractivity contribution is -0.113. The van der Waals surface area contributed by atoms with Crippen molar-refractivity contribution in [2.75, 3.05) is 6.54 Å². The Kier molecular flexibility index (Phi) is 14.7. The number of hydrogen-bond donors (Lipinski definition) is 2. The maximum Gasteiger partial charge on any atom is 0.240 e. The molecule has 0 aliphatic carbocycles. The maximum absolute atomic E-state index is 9.47. The molecule has 0 radical (unpaired) electrons. The van der Waals surface area contributed by atoms with Gasteiger partial charge in [-0.1, -0.05) is 32.8 Å². The predicted octanol–water partition coefficient (Wildman–Crippen LogP) is 1.18. The first-order valence-electron chi connectivity index (χ1n) is 4.31. The molecular formula is C9H20N2O. The Hall–Kier alpha value is -0.830. The summed E-state index contributed by atoms with van der Waals surface area (Å²) >= 11 is 0. The van der Waals surface area contributed by atoms with Crippen LogP contribution in [-0.2, 0) is 4.79 Å². The van der Waals surface area contributed by atoms with Gasteiger partial charge in [0.15, 0.2) is 0 Å². The molecule has 3 heteroatoms. The van der Waals surface area contributed by atoms with E-state index in [4.69, 9.17) is 5.73 Å². The molecule has 0 saturated heterocycles. The summed E-state index contributed by atoms with van der Waals surface area (Å²) < 4.78 is 0. The molecule has 12 heavy (non-hydrogen) atoms. The first kappa shape index (κ1) is 13.7. The zero-order valence-corrected chi connectivity index (χ0v) is 7.88. The molecule has 0 unspecified atom stereocenters. The lowest BCUT2D eigenvalue weighted by Gasteiger charge is -1.90. The van der Waals surface area contributed by atoms with Gasteiger partial charge in [-0.05, 0) is 19.0 Å². The second-order valence-electron chi connectivity index (χ2n) is 2.46. The fraction of sp³-hybridized carbons (Fsp3) is 0.667. The minimum atomic E-state index is -0.481. The summed E-state index contributed by atoms with van der Waals surface area (Å²) in [5.41, 5.74) is 9.80. The Labute approximate surface area is 74.8 Å². The SMILES string of the molecule is C=CC(N)=O.CCCCCCN. The second kappa shape index (κ2) is 12.8. The third-order valence-electron chi connectivity index (χ3n) is 1.26. The van der Waals surface area contributed by atoms with Gasteiger partial charge in [-0.2, -0.15) is 0 Å². The van der Waals surface area contributed by atoms with Crippen LogP contribution in [0.1, 0.15) is 32.6 Å². The first-order valence-corrected chi connectivity index (χ1v) is 4.31. The minimum Gasteiger partial charge on any atom is -0.366 e. The molecule has 0 aliphatic heterocycles. The fourth-order valence-electron chi connectivity index (χ4n) is 0.571. The highest BCUT2D eigenvalue weighted by atomic mass is 16.1. The van der Waals surface area contributed by atoms with Crippen LogP contribution in [0.4, 0.5) is 0 Å². The van der Waals surface area contributed by atoms with E-state index in [-0.39, 0.29) is 0 Å². The molecule has 0 bridgehead atoms. The molecule has 0 rings (SSSR count). The van der Waals surface area contributed by atoms with E-state index in [2.05, 4.69) is 19.2 Å². The number of amides is 1. The number of hydrogen-bond acceptors (Lipinski definition) is 2. The summed E-state index contributed by atoms with van der Waals surface area (Å²) in [5.74, 6) is -0.481. The summed E-state index contributed by atoms with van der Waals surface area (Å²) in [6, 6.07) is 0. The molecule has 0 fully saturated rings. The van der Waals surface area contributed by atoms with E-state index in [0.29, 0.717) is 0 Å². The molecule has 72 valence electrons. The summed E-state index contributed by atoms with van der Waals surface area (Å²) in [4.78, 5) is 9.47. The molecule has 0 heterocycles. The zero-order valence-electron chi connectivity index (χ0n) is 7.88. The maximum atomic E-state index is 9.47. The summed E-state index contributed by atoms with van der Waals surface area (Å²) in [6.45, 7) is 6.15. The van der Waals surface area contributed by atoms with Crippen molar-refractivity contribution in [3.05, 3.63) is 12.7 Å². The van der Waals surface area contributed by atoms with Crippen LogP contribution in [0.5, 0.6) is 0 Å². The monoisotopic (exact) mass is 172 g/mol. The number of carbonyl (C=O) groups excluding carboxylic acids is 1. The van der Waals surface area contributed by atoms with E-state index in [1.165, 1.54) is 25.7 Å². The molecular weight excluding hydrogens is 152 g/mol. The largest absolute Gasteiger partial charge is 0.366 e. The third-order valence-corrected chi connectivity index (χ3v) is 1.26. The number of unbranched alkanes of at least 4 members (excludes halogenated alkanes) is 3. The van der Waals surface area contributed by atoms with Gasteiger partial charge >= 0.3 is 0 Å². The van der Waals surface area contributed by atoms with Crippen molar-refractivity contribution in [2.24, 2.45) is 11.5 Å². The van der Waals surface area contributed by atoms with Gasteiger partial charge in [-0.3, -0.25) is 4.79 Å². The van der Waals surface area contributed by atoms with E-state index >= 15 is 0 Å². The predicted molar refractivity (Wildman–Crippen MR) is 52.6 cm³/mol. The van der Waals surface area contributed by atoms with Crippen LogP contribution >= 0.6 is 0 Å². The van der Waals surface area contributed by atoms with E-state index in [1.54, 1.807) is 0 Å². The number of nitrogens with two attached hydrogens (primary N) is 2. The van der Waals surface area contributed by atoms with Crippen molar-refractivity contribution in [3.63, 3.8) is 0 Å². The zero-order chi connectivity index (χ0) is 9.82. The molecule has 1 amide bonds. The standard InChI is InChI=1S/C6H15N.C3H5NO/c1-2-3-4-5-6-7;1-2-3(4)5/h2-7H2,1H3;2H,1H2,(H2,4,5). The van der Waals surface area contributed by atoms with Crippen LogP contribution in [0.3, 0.4) is 0 Å². The van der Waals surface area contributed by atoms with E-state index < -0.39 is 5.91 Å². The smallest absolute Gasteiger partial charge is 0.240 e. The molecule has 0 saturated carbocycles. The summed E-state index contributed by atoms with van der Waals surface area (Å²) in [5, 5.41) is 0. The Morgan fingerprint density at radius 2 is 1.92 bits per heavy atom. The topological polar surface area (TPSA) is 69.1 Å². The van der Waals surface area contributed by atoms with Gasteiger partial charge in [0, 0.05) is 0 Å². The van der Waals surface area contributed by atoms with Crippen molar-refractivity contribution in [1.29, 1.82) is 0 Å². The van der Waals surface area contributed by atoms with Crippen LogP contribution in [-0.4, -0.2) is 12.5 Å². The summed E-state index contributed by atoms with van der Waals surface area (Å²) in [7, 11) is 0. The average molecular weight is 172 g/mol. The van der Waals surface area contributed by atoms with Crippen LogP contribution in [0, 0.1) is 0 Å². The van der Waals surface area contributed by atoms with E-state index in [0.717, 1.165) is 12.6 Å². The van der Waals surface area contributed by atoms with Gasteiger partial charge in [-0.15, -0.1) is 0 Å². The Morgan fingerprint density at radius 1 is 1.42 bits per heavy atom. The Balaban J connectivity index is 0. The van der Waals surface area contributed by atoms with Gasteiger partial charge in [-0.25, -0.2) is 0 Å². The summed E-state index contributed by atoms with van der Waals surface area (Å²) in [6.07, 6.45) is 6.22. The molecule has 0 aromatic rings. The molecule has 0 atom stereocenters. The average Bonchev–Trinajstić information content (AvgIpc) is 2.07. The molecule has 0 aromatic heterocycles.